The van der Waals surface area contributed by atoms with E-state index in [1.165, 1.54) is 33.6 Å². The number of ether oxygens (including phenoxy) is 3. The Morgan fingerprint density at radius 1 is 0.896 bits per heavy atom. The van der Waals surface area contributed by atoms with Gasteiger partial charge in [0.15, 0.2) is 14.0 Å². The molecule has 1 aromatic carbocycles. The Bertz CT molecular complexity index is 1620. The van der Waals surface area contributed by atoms with Crippen molar-refractivity contribution in [2.45, 2.75) is 91.6 Å². The van der Waals surface area contributed by atoms with Crippen molar-refractivity contribution in [3.63, 3.8) is 0 Å². The molecule has 0 spiro atoms. The van der Waals surface area contributed by atoms with E-state index in [0.29, 0.717) is 23.4 Å². The molecule has 0 saturated carbocycles. The van der Waals surface area contributed by atoms with Crippen LogP contribution in [0.25, 0.3) is 16.8 Å². The zero-order valence-electron chi connectivity index (χ0n) is 30.3. The van der Waals surface area contributed by atoms with Gasteiger partial charge in [-0.15, -0.1) is 0 Å². The van der Waals surface area contributed by atoms with E-state index in [9.17, 15) is 19.5 Å². The number of aromatic hydroxyl groups is 1. The van der Waals surface area contributed by atoms with Crippen LogP contribution >= 0.6 is 0 Å². The van der Waals surface area contributed by atoms with Crippen LogP contribution in [0, 0.1) is 0 Å². The summed E-state index contributed by atoms with van der Waals surface area (Å²) in [4.78, 5) is 46.9. The third-order valence-corrected chi connectivity index (χ3v) is 12.3. The van der Waals surface area contributed by atoms with Crippen LogP contribution in [0.3, 0.4) is 0 Å². The van der Waals surface area contributed by atoms with Crippen molar-refractivity contribution in [3.8, 4) is 16.9 Å². The lowest BCUT2D eigenvalue weighted by Crippen LogP contribution is -2.47. The Labute approximate surface area is 284 Å². The van der Waals surface area contributed by atoms with Gasteiger partial charge in [0.1, 0.15) is 22.8 Å². The van der Waals surface area contributed by atoms with Crippen LogP contribution in [0.2, 0.25) is 18.1 Å². The van der Waals surface area contributed by atoms with Gasteiger partial charge < -0.3 is 28.6 Å². The SMILES string of the molecule is COC(=O)c1cc(O)cc(-c2cnn3ccc(N(CCN(CCO[Si](C)(C)C(C)(C)C)C(=O)OC(C)(C)C)C(=O)OC(C)(C)C)nc23)c1. The van der Waals surface area contributed by atoms with Gasteiger partial charge in [-0.05, 0) is 89.5 Å². The molecule has 0 unspecified atom stereocenters. The molecule has 48 heavy (non-hydrogen) atoms. The molecule has 0 bridgehead atoms. The first-order valence-corrected chi connectivity index (χ1v) is 18.8. The third-order valence-electron chi connectivity index (χ3n) is 7.77. The Kier molecular flexibility index (Phi) is 11.6. The van der Waals surface area contributed by atoms with Gasteiger partial charge >= 0.3 is 18.2 Å². The fraction of sp³-hybridized carbons (Fsp3) is 0.559. The lowest BCUT2D eigenvalue weighted by molar-refractivity contribution is 0.0221. The molecule has 0 aliphatic rings. The number of methoxy groups -OCH3 is 1. The van der Waals surface area contributed by atoms with E-state index in [1.54, 1.807) is 66.1 Å². The van der Waals surface area contributed by atoms with Crippen LogP contribution in [0.5, 0.6) is 5.75 Å². The van der Waals surface area contributed by atoms with E-state index < -0.39 is 37.7 Å². The number of benzene rings is 1. The Morgan fingerprint density at radius 3 is 2.10 bits per heavy atom. The summed E-state index contributed by atoms with van der Waals surface area (Å²) in [5.41, 5.74) is -0.0655. The largest absolute Gasteiger partial charge is 0.508 e. The van der Waals surface area contributed by atoms with E-state index in [4.69, 9.17) is 23.6 Å². The maximum atomic E-state index is 13.7. The van der Waals surface area contributed by atoms with Gasteiger partial charge in [-0.25, -0.2) is 23.9 Å². The van der Waals surface area contributed by atoms with Crippen molar-refractivity contribution in [3.05, 3.63) is 42.2 Å². The van der Waals surface area contributed by atoms with Gasteiger partial charge in [0.25, 0.3) is 0 Å². The summed E-state index contributed by atoms with van der Waals surface area (Å²) in [6, 6.07) is 5.97. The van der Waals surface area contributed by atoms with E-state index in [1.807, 2.05) is 0 Å². The highest BCUT2D eigenvalue weighted by molar-refractivity contribution is 6.74. The first-order chi connectivity index (χ1) is 22.0. The van der Waals surface area contributed by atoms with Crippen molar-refractivity contribution in [1.29, 1.82) is 0 Å². The number of phenols is 1. The summed E-state index contributed by atoms with van der Waals surface area (Å²) in [6.45, 7) is 22.1. The molecule has 0 aliphatic carbocycles. The second-order valence-corrected chi connectivity index (χ2v) is 19.9. The molecule has 0 radical (unpaired) electrons. The first-order valence-electron chi connectivity index (χ1n) is 15.9. The minimum Gasteiger partial charge on any atom is -0.508 e. The van der Waals surface area contributed by atoms with Gasteiger partial charge in [-0.3, -0.25) is 4.90 Å². The molecule has 2 amide bonds. The molecule has 0 fully saturated rings. The number of hydrogen-bond acceptors (Lipinski definition) is 10. The van der Waals surface area contributed by atoms with Gasteiger partial charge in [-0.2, -0.15) is 5.10 Å². The summed E-state index contributed by atoms with van der Waals surface area (Å²) in [5.74, 6) is -0.510. The average Bonchev–Trinajstić information content (AvgIpc) is 3.36. The number of rotatable bonds is 10. The number of esters is 1. The molecule has 2 heterocycles. The quantitative estimate of drug-likeness (QED) is 0.136. The number of fused-ring (bicyclic) bond motifs is 1. The van der Waals surface area contributed by atoms with Crippen molar-refractivity contribution in [1.82, 2.24) is 19.5 Å². The summed E-state index contributed by atoms with van der Waals surface area (Å²) in [6.07, 6.45) is 2.00. The highest BCUT2D eigenvalue weighted by atomic mass is 28.4. The van der Waals surface area contributed by atoms with E-state index in [-0.39, 0.29) is 41.8 Å². The van der Waals surface area contributed by atoms with Crippen molar-refractivity contribution in [2.75, 3.05) is 38.3 Å². The van der Waals surface area contributed by atoms with E-state index in [0.717, 1.165) is 0 Å². The molecule has 3 rings (SSSR count). The molecular formula is C34H51N5O8Si. The molecule has 13 nitrogen and oxygen atoms in total. The molecule has 0 atom stereocenters. The van der Waals surface area contributed by atoms with E-state index in [2.05, 4.69) is 39.0 Å². The van der Waals surface area contributed by atoms with Crippen molar-refractivity contribution >= 4 is 37.9 Å². The molecule has 3 aromatic rings. The van der Waals surface area contributed by atoms with Crippen LogP contribution < -0.4 is 4.90 Å². The number of aromatic nitrogens is 3. The molecular weight excluding hydrogens is 634 g/mol. The van der Waals surface area contributed by atoms with Crippen LogP contribution in [0.4, 0.5) is 15.4 Å². The molecule has 14 heteroatoms. The smallest absolute Gasteiger partial charge is 0.416 e. The zero-order valence-corrected chi connectivity index (χ0v) is 31.3. The van der Waals surface area contributed by atoms with Crippen LogP contribution in [-0.4, -0.2) is 95.6 Å². The number of nitrogens with zero attached hydrogens (tertiary/aromatic N) is 5. The van der Waals surface area contributed by atoms with Crippen LogP contribution in [0.1, 0.15) is 72.7 Å². The fourth-order valence-corrected chi connectivity index (χ4v) is 5.34. The predicted molar refractivity (Wildman–Crippen MR) is 186 cm³/mol. The standard InChI is InChI=1S/C34H51N5O8Si/c1-32(2,3)46-30(42)37(17-18-45-48(11,12)34(7,8)9)15-16-38(31(43)47-33(4,5)6)27-13-14-39-28(36-27)26(22-35-39)23-19-24(29(41)44-10)21-25(40)20-23/h13-14,19-22,40H,15-18H2,1-12H3. The third kappa shape index (κ3) is 10.2. The molecule has 0 saturated heterocycles. The predicted octanol–water partition coefficient (Wildman–Crippen LogP) is 6.89. The number of anilines is 1. The van der Waals surface area contributed by atoms with Crippen LogP contribution in [0.15, 0.2) is 36.7 Å². The number of amides is 2. The summed E-state index contributed by atoms with van der Waals surface area (Å²) < 4.78 is 24.2. The summed E-state index contributed by atoms with van der Waals surface area (Å²) in [5, 5.41) is 14.7. The second-order valence-electron chi connectivity index (χ2n) is 15.1. The summed E-state index contributed by atoms with van der Waals surface area (Å²) in [7, 11) is -0.831. The lowest BCUT2D eigenvalue weighted by atomic mass is 10.0. The minimum atomic E-state index is -2.09. The normalized spacial score (nSPS) is 12.5. The fourth-order valence-electron chi connectivity index (χ4n) is 4.30. The maximum Gasteiger partial charge on any atom is 0.416 e. The van der Waals surface area contributed by atoms with Gasteiger partial charge in [0.2, 0.25) is 0 Å². The Balaban J connectivity index is 2.00. The van der Waals surface area contributed by atoms with E-state index >= 15 is 0 Å². The van der Waals surface area contributed by atoms with Crippen molar-refractivity contribution < 1.29 is 38.1 Å². The topological polar surface area (TPSA) is 145 Å². The Hall–Kier alpha value is -4.17. The average molecular weight is 686 g/mol. The molecule has 0 aliphatic heterocycles. The number of carbonyl (C=O) groups is 3. The van der Waals surface area contributed by atoms with Gasteiger partial charge in [0.05, 0.1) is 25.5 Å². The van der Waals surface area contributed by atoms with Gasteiger partial charge in [0, 0.05) is 31.4 Å². The number of hydrogen-bond donors (Lipinski definition) is 1. The zero-order chi connectivity index (χ0) is 36.2. The lowest BCUT2D eigenvalue weighted by Gasteiger charge is -2.37. The Morgan fingerprint density at radius 2 is 1.52 bits per heavy atom. The molecule has 264 valence electrons. The molecule has 2 aromatic heterocycles. The number of phenolic OH excluding ortho intramolecular Hbond substituents is 1. The highest BCUT2D eigenvalue weighted by Gasteiger charge is 2.37. The number of carbonyl (C=O) groups excluding carboxylic acids is 3. The highest BCUT2D eigenvalue weighted by Crippen LogP contribution is 2.36. The summed E-state index contributed by atoms with van der Waals surface area (Å²) >= 11 is 0. The first kappa shape index (κ1) is 38.3. The second kappa shape index (κ2) is 14.5. The minimum absolute atomic E-state index is 0.00648. The monoisotopic (exact) mass is 685 g/mol. The molecule has 1 N–H and O–H groups in total. The van der Waals surface area contributed by atoms with Crippen molar-refractivity contribution in [2.24, 2.45) is 0 Å². The maximum absolute atomic E-state index is 13.7. The van der Waals surface area contributed by atoms with Crippen LogP contribution in [-0.2, 0) is 18.6 Å². The van der Waals surface area contributed by atoms with Gasteiger partial charge in [-0.1, -0.05) is 20.8 Å².